The fourth-order valence-electron chi connectivity index (χ4n) is 1.50. The first kappa shape index (κ1) is 11.5. The molecule has 0 heterocycles. The van der Waals surface area contributed by atoms with Gasteiger partial charge in [-0.25, -0.2) is 0 Å². The van der Waals surface area contributed by atoms with Crippen molar-refractivity contribution < 1.29 is 4.74 Å². The van der Waals surface area contributed by atoms with E-state index in [1.54, 1.807) is 7.11 Å². The van der Waals surface area contributed by atoms with Gasteiger partial charge >= 0.3 is 0 Å². The predicted molar refractivity (Wildman–Crippen MR) is 62.8 cm³/mol. The molecule has 14 heavy (non-hydrogen) atoms. The van der Waals surface area contributed by atoms with Gasteiger partial charge in [0.15, 0.2) is 0 Å². The SMILES string of the molecule is CCC(NC)c1cc(OC)ccc1Br. The number of ether oxygens (including phenoxy) is 1. The Morgan fingerprint density at radius 3 is 2.71 bits per heavy atom. The summed E-state index contributed by atoms with van der Waals surface area (Å²) in [5.41, 5.74) is 1.24. The van der Waals surface area contributed by atoms with Crippen LogP contribution in [0, 0.1) is 0 Å². The van der Waals surface area contributed by atoms with Gasteiger partial charge < -0.3 is 10.1 Å². The standard InChI is InChI=1S/C11H16BrNO/c1-4-11(13-2)9-7-8(14-3)5-6-10(9)12/h5-7,11,13H,4H2,1-3H3. The second-order valence-corrected chi connectivity index (χ2v) is 3.99. The number of benzene rings is 1. The molecule has 0 aromatic heterocycles. The third-order valence-electron chi connectivity index (χ3n) is 2.34. The monoisotopic (exact) mass is 257 g/mol. The van der Waals surface area contributed by atoms with Crippen LogP contribution in [0.5, 0.6) is 5.75 Å². The topological polar surface area (TPSA) is 21.3 Å². The van der Waals surface area contributed by atoms with E-state index in [-0.39, 0.29) is 0 Å². The Morgan fingerprint density at radius 1 is 1.50 bits per heavy atom. The van der Waals surface area contributed by atoms with Crippen LogP contribution in [0.3, 0.4) is 0 Å². The lowest BCUT2D eigenvalue weighted by Crippen LogP contribution is -2.15. The van der Waals surface area contributed by atoms with E-state index in [2.05, 4.69) is 34.2 Å². The van der Waals surface area contributed by atoms with Gasteiger partial charge in [0, 0.05) is 10.5 Å². The number of nitrogens with one attached hydrogen (secondary N) is 1. The van der Waals surface area contributed by atoms with Crippen LogP contribution in [0.25, 0.3) is 0 Å². The molecule has 0 radical (unpaired) electrons. The van der Waals surface area contributed by atoms with Crippen LogP contribution in [0.4, 0.5) is 0 Å². The molecule has 1 aromatic carbocycles. The fourth-order valence-corrected chi connectivity index (χ4v) is 2.02. The van der Waals surface area contributed by atoms with E-state index in [0.29, 0.717) is 6.04 Å². The van der Waals surface area contributed by atoms with Crippen LogP contribution in [0.15, 0.2) is 22.7 Å². The maximum atomic E-state index is 5.20. The second-order valence-electron chi connectivity index (χ2n) is 3.14. The van der Waals surface area contributed by atoms with Gasteiger partial charge in [-0.2, -0.15) is 0 Å². The van der Waals surface area contributed by atoms with Crippen molar-refractivity contribution in [3.8, 4) is 5.75 Å². The average Bonchev–Trinajstić information content (AvgIpc) is 2.22. The molecule has 2 nitrogen and oxygen atoms in total. The molecule has 1 N–H and O–H groups in total. The van der Waals surface area contributed by atoms with Gasteiger partial charge in [0.2, 0.25) is 0 Å². The number of hydrogen-bond acceptors (Lipinski definition) is 2. The highest BCUT2D eigenvalue weighted by Gasteiger charge is 2.11. The number of hydrogen-bond donors (Lipinski definition) is 1. The van der Waals surface area contributed by atoms with E-state index < -0.39 is 0 Å². The summed E-state index contributed by atoms with van der Waals surface area (Å²) in [6.45, 7) is 2.16. The highest BCUT2D eigenvalue weighted by Crippen LogP contribution is 2.28. The van der Waals surface area contributed by atoms with Crippen LogP contribution >= 0.6 is 15.9 Å². The van der Waals surface area contributed by atoms with Gasteiger partial charge in [0.25, 0.3) is 0 Å². The summed E-state index contributed by atoms with van der Waals surface area (Å²) in [5, 5.41) is 3.27. The molecule has 0 spiro atoms. The molecule has 0 fully saturated rings. The van der Waals surface area contributed by atoms with E-state index in [1.165, 1.54) is 5.56 Å². The van der Waals surface area contributed by atoms with Crippen molar-refractivity contribution in [1.82, 2.24) is 5.32 Å². The Balaban J connectivity index is 3.04. The second kappa shape index (κ2) is 5.37. The lowest BCUT2D eigenvalue weighted by molar-refractivity contribution is 0.413. The molecule has 1 rings (SSSR count). The minimum Gasteiger partial charge on any atom is -0.497 e. The molecular weight excluding hydrogens is 242 g/mol. The van der Waals surface area contributed by atoms with Crippen molar-refractivity contribution in [2.24, 2.45) is 0 Å². The molecule has 0 aliphatic carbocycles. The largest absolute Gasteiger partial charge is 0.497 e. The molecule has 0 aliphatic heterocycles. The van der Waals surface area contributed by atoms with Crippen LogP contribution in [-0.4, -0.2) is 14.2 Å². The Kier molecular flexibility index (Phi) is 4.42. The minimum atomic E-state index is 0.375. The predicted octanol–water partition coefficient (Wildman–Crippen LogP) is 3.13. The molecule has 1 unspecified atom stereocenters. The third-order valence-corrected chi connectivity index (χ3v) is 3.06. The highest BCUT2D eigenvalue weighted by molar-refractivity contribution is 9.10. The van der Waals surface area contributed by atoms with Crippen molar-refractivity contribution in [1.29, 1.82) is 0 Å². The third kappa shape index (κ3) is 2.49. The normalized spacial score (nSPS) is 12.6. The molecule has 0 saturated heterocycles. The van der Waals surface area contributed by atoms with Gasteiger partial charge in [0.05, 0.1) is 7.11 Å². The lowest BCUT2D eigenvalue weighted by Gasteiger charge is -2.16. The van der Waals surface area contributed by atoms with E-state index in [1.807, 2.05) is 19.2 Å². The average molecular weight is 258 g/mol. The fraction of sp³-hybridized carbons (Fsp3) is 0.455. The van der Waals surface area contributed by atoms with Gasteiger partial charge in [-0.1, -0.05) is 22.9 Å². The van der Waals surface area contributed by atoms with Crippen LogP contribution < -0.4 is 10.1 Å². The summed E-state index contributed by atoms with van der Waals surface area (Å²) < 4.78 is 6.32. The molecule has 0 saturated carbocycles. The summed E-state index contributed by atoms with van der Waals surface area (Å²) in [7, 11) is 3.66. The molecule has 78 valence electrons. The van der Waals surface area contributed by atoms with Crippen molar-refractivity contribution in [3.05, 3.63) is 28.2 Å². The van der Waals surface area contributed by atoms with Crippen molar-refractivity contribution in [2.45, 2.75) is 19.4 Å². The molecule has 1 aromatic rings. The molecule has 1 atom stereocenters. The first-order chi connectivity index (χ1) is 6.72. The van der Waals surface area contributed by atoms with Gasteiger partial charge in [-0.15, -0.1) is 0 Å². The molecule has 0 aliphatic rings. The smallest absolute Gasteiger partial charge is 0.119 e. The summed E-state index contributed by atoms with van der Waals surface area (Å²) >= 11 is 3.55. The Bertz CT molecular complexity index is 297. The van der Waals surface area contributed by atoms with Gasteiger partial charge in [0.1, 0.15) is 5.75 Å². The maximum Gasteiger partial charge on any atom is 0.119 e. The van der Waals surface area contributed by atoms with Crippen LogP contribution in [0.1, 0.15) is 24.9 Å². The van der Waals surface area contributed by atoms with E-state index >= 15 is 0 Å². The summed E-state index contributed by atoms with van der Waals surface area (Å²) in [5.74, 6) is 0.900. The first-order valence-corrected chi connectivity index (χ1v) is 5.53. The molecule has 0 amide bonds. The summed E-state index contributed by atoms with van der Waals surface area (Å²) in [4.78, 5) is 0. The van der Waals surface area contributed by atoms with Crippen molar-refractivity contribution in [3.63, 3.8) is 0 Å². The number of rotatable bonds is 4. The zero-order valence-corrected chi connectivity index (χ0v) is 10.4. The highest BCUT2D eigenvalue weighted by atomic mass is 79.9. The molecule has 0 bridgehead atoms. The van der Waals surface area contributed by atoms with Gasteiger partial charge in [-0.3, -0.25) is 0 Å². The van der Waals surface area contributed by atoms with Crippen LogP contribution in [-0.2, 0) is 0 Å². The molecule has 3 heteroatoms. The zero-order valence-electron chi connectivity index (χ0n) is 8.80. The van der Waals surface area contributed by atoms with Crippen molar-refractivity contribution >= 4 is 15.9 Å². The van der Waals surface area contributed by atoms with Crippen molar-refractivity contribution in [2.75, 3.05) is 14.2 Å². The Labute approximate surface area is 93.8 Å². The van der Waals surface area contributed by atoms with Gasteiger partial charge in [-0.05, 0) is 37.2 Å². The number of methoxy groups -OCH3 is 1. The maximum absolute atomic E-state index is 5.20. The van der Waals surface area contributed by atoms with E-state index in [9.17, 15) is 0 Å². The Morgan fingerprint density at radius 2 is 2.21 bits per heavy atom. The van der Waals surface area contributed by atoms with Crippen LogP contribution in [0.2, 0.25) is 0 Å². The quantitative estimate of drug-likeness (QED) is 0.895. The van der Waals surface area contributed by atoms with E-state index in [0.717, 1.165) is 16.6 Å². The molecular formula is C11H16BrNO. The minimum absolute atomic E-state index is 0.375. The Hall–Kier alpha value is -0.540. The lowest BCUT2D eigenvalue weighted by atomic mass is 10.0. The first-order valence-electron chi connectivity index (χ1n) is 4.73. The zero-order chi connectivity index (χ0) is 10.6. The number of halogens is 1. The van der Waals surface area contributed by atoms with E-state index in [4.69, 9.17) is 4.74 Å². The summed E-state index contributed by atoms with van der Waals surface area (Å²) in [6, 6.07) is 6.42. The summed E-state index contributed by atoms with van der Waals surface area (Å²) in [6.07, 6.45) is 1.06.